The van der Waals surface area contributed by atoms with Crippen molar-refractivity contribution in [2.45, 2.75) is 40.0 Å². The summed E-state index contributed by atoms with van der Waals surface area (Å²) in [6.45, 7) is 9.64. The Bertz CT molecular complexity index is 148. The van der Waals surface area contributed by atoms with Gasteiger partial charge in [0.15, 0.2) is 0 Å². The zero-order valence-electron chi connectivity index (χ0n) is 9.81. The van der Waals surface area contributed by atoms with Gasteiger partial charge < -0.3 is 10.2 Å². The Morgan fingerprint density at radius 1 is 1.14 bits per heavy atom. The molecule has 14 heavy (non-hydrogen) atoms. The normalized spacial score (nSPS) is 10.2. The number of nitrogens with zero attached hydrogens (tertiary/aromatic N) is 1. The van der Waals surface area contributed by atoms with Crippen LogP contribution < -0.4 is 5.32 Å². The number of carbonyl (C=O) groups is 1. The van der Waals surface area contributed by atoms with Crippen molar-refractivity contribution in [2.24, 2.45) is 0 Å². The lowest BCUT2D eigenvalue weighted by Gasteiger charge is -2.20. The largest absolute Gasteiger partial charge is 0.342 e. The van der Waals surface area contributed by atoms with E-state index in [4.69, 9.17) is 0 Å². The summed E-state index contributed by atoms with van der Waals surface area (Å²) < 4.78 is 0. The first kappa shape index (κ1) is 13.4. The monoisotopic (exact) mass is 200 g/mol. The van der Waals surface area contributed by atoms with Crippen molar-refractivity contribution in [3.63, 3.8) is 0 Å². The molecule has 0 saturated heterocycles. The van der Waals surface area contributed by atoms with Crippen molar-refractivity contribution in [3.05, 3.63) is 0 Å². The summed E-state index contributed by atoms with van der Waals surface area (Å²) in [7, 11) is 0. The summed E-state index contributed by atoms with van der Waals surface area (Å²) in [5.41, 5.74) is 0. The number of amides is 1. The standard InChI is InChI=1S/C11H24N2O/c1-4-6-9-13(11(3)14)10-8-12-7-5-2/h12H,4-10H2,1-3H3. The van der Waals surface area contributed by atoms with Crippen LogP contribution in [-0.2, 0) is 4.79 Å². The van der Waals surface area contributed by atoms with Crippen molar-refractivity contribution in [3.8, 4) is 0 Å². The van der Waals surface area contributed by atoms with Crippen molar-refractivity contribution in [1.82, 2.24) is 10.2 Å². The summed E-state index contributed by atoms with van der Waals surface area (Å²) in [5, 5.41) is 3.30. The van der Waals surface area contributed by atoms with Gasteiger partial charge in [0.05, 0.1) is 0 Å². The minimum absolute atomic E-state index is 0.191. The van der Waals surface area contributed by atoms with Gasteiger partial charge in [-0.3, -0.25) is 4.79 Å². The van der Waals surface area contributed by atoms with E-state index in [9.17, 15) is 4.79 Å². The fraction of sp³-hybridized carbons (Fsp3) is 0.909. The molecule has 84 valence electrons. The molecule has 0 saturated carbocycles. The SMILES string of the molecule is CCCCN(CCNCCC)C(C)=O. The van der Waals surface area contributed by atoms with E-state index in [1.807, 2.05) is 4.90 Å². The topological polar surface area (TPSA) is 32.3 Å². The Labute approximate surface area is 87.9 Å². The third-order valence-corrected chi connectivity index (χ3v) is 2.21. The third-order valence-electron chi connectivity index (χ3n) is 2.21. The van der Waals surface area contributed by atoms with E-state index in [2.05, 4.69) is 19.2 Å². The average molecular weight is 200 g/mol. The molecule has 0 aromatic heterocycles. The van der Waals surface area contributed by atoms with E-state index in [0.29, 0.717) is 0 Å². The maximum atomic E-state index is 11.2. The Kier molecular flexibility index (Phi) is 8.64. The molecule has 0 aromatic rings. The lowest BCUT2D eigenvalue weighted by atomic mass is 10.3. The number of nitrogens with one attached hydrogen (secondary N) is 1. The van der Waals surface area contributed by atoms with Crippen LogP contribution in [0.15, 0.2) is 0 Å². The zero-order chi connectivity index (χ0) is 10.8. The molecule has 0 atom stereocenters. The molecule has 3 heteroatoms. The van der Waals surface area contributed by atoms with Crippen LogP contribution in [0.4, 0.5) is 0 Å². The molecule has 0 aliphatic carbocycles. The highest BCUT2D eigenvalue weighted by Crippen LogP contribution is 1.94. The number of hydrogen-bond acceptors (Lipinski definition) is 2. The van der Waals surface area contributed by atoms with Crippen LogP contribution >= 0.6 is 0 Å². The molecule has 1 amide bonds. The van der Waals surface area contributed by atoms with Gasteiger partial charge in [0, 0.05) is 26.6 Å². The maximum absolute atomic E-state index is 11.2. The quantitative estimate of drug-likeness (QED) is 0.604. The fourth-order valence-corrected chi connectivity index (χ4v) is 1.29. The Morgan fingerprint density at radius 2 is 1.86 bits per heavy atom. The maximum Gasteiger partial charge on any atom is 0.219 e. The van der Waals surface area contributed by atoms with Crippen LogP contribution in [0.1, 0.15) is 40.0 Å². The van der Waals surface area contributed by atoms with Gasteiger partial charge in [-0.1, -0.05) is 20.3 Å². The van der Waals surface area contributed by atoms with E-state index >= 15 is 0 Å². The molecule has 0 fully saturated rings. The molecule has 0 bridgehead atoms. The second kappa shape index (κ2) is 9.00. The molecular weight excluding hydrogens is 176 g/mol. The molecule has 0 heterocycles. The van der Waals surface area contributed by atoms with E-state index in [1.165, 1.54) is 0 Å². The summed E-state index contributed by atoms with van der Waals surface area (Å²) in [6.07, 6.45) is 3.40. The molecule has 3 nitrogen and oxygen atoms in total. The molecule has 0 aliphatic rings. The summed E-state index contributed by atoms with van der Waals surface area (Å²) in [5.74, 6) is 0.191. The lowest BCUT2D eigenvalue weighted by Crippen LogP contribution is -2.36. The van der Waals surface area contributed by atoms with Crippen LogP contribution in [0, 0.1) is 0 Å². The van der Waals surface area contributed by atoms with Gasteiger partial charge >= 0.3 is 0 Å². The average Bonchev–Trinajstić information content (AvgIpc) is 2.16. The Morgan fingerprint density at radius 3 is 2.36 bits per heavy atom. The molecule has 0 unspecified atom stereocenters. The number of carbonyl (C=O) groups excluding carboxylic acids is 1. The predicted molar refractivity (Wildman–Crippen MR) is 60.3 cm³/mol. The first-order valence-electron chi connectivity index (χ1n) is 5.68. The molecular formula is C11H24N2O. The van der Waals surface area contributed by atoms with Crippen molar-refractivity contribution < 1.29 is 4.79 Å². The van der Waals surface area contributed by atoms with Crippen LogP contribution in [0.2, 0.25) is 0 Å². The molecule has 1 N–H and O–H groups in total. The number of unbranched alkanes of at least 4 members (excludes halogenated alkanes) is 1. The van der Waals surface area contributed by atoms with Gasteiger partial charge in [0.1, 0.15) is 0 Å². The van der Waals surface area contributed by atoms with E-state index < -0.39 is 0 Å². The van der Waals surface area contributed by atoms with Crippen molar-refractivity contribution >= 4 is 5.91 Å². The Balaban J connectivity index is 3.57. The van der Waals surface area contributed by atoms with Crippen LogP contribution in [0.5, 0.6) is 0 Å². The zero-order valence-corrected chi connectivity index (χ0v) is 9.81. The van der Waals surface area contributed by atoms with Gasteiger partial charge in [-0.25, -0.2) is 0 Å². The van der Waals surface area contributed by atoms with Gasteiger partial charge in [-0.2, -0.15) is 0 Å². The van der Waals surface area contributed by atoms with Crippen molar-refractivity contribution in [1.29, 1.82) is 0 Å². The second-order valence-corrected chi connectivity index (χ2v) is 3.61. The lowest BCUT2D eigenvalue weighted by molar-refractivity contribution is -0.128. The highest BCUT2D eigenvalue weighted by atomic mass is 16.2. The van der Waals surface area contributed by atoms with Crippen LogP contribution in [-0.4, -0.2) is 37.0 Å². The predicted octanol–water partition coefficient (Wildman–Crippen LogP) is 1.63. The molecule has 0 radical (unpaired) electrons. The van der Waals surface area contributed by atoms with Gasteiger partial charge in [-0.15, -0.1) is 0 Å². The fourth-order valence-electron chi connectivity index (χ4n) is 1.29. The summed E-state index contributed by atoms with van der Waals surface area (Å²) in [4.78, 5) is 13.1. The third kappa shape index (κ3) is 6.89. The van der Waals surface area contributed by atoms with Crippen LogP contribution in [0.25, 0.3) is 0 Å². The van der Waals surface area contributed by atoms with E-state index in [-0.39, 0.29) is 5.91 Å². The minimum Gasteiger partial charge on any atom is -0.342 e. The number of rotatable bonds is 8. The first-order valence-corrected chi connectivity index (χ1v) is 5.68. The van der Waals surface area contributed by atoms with Gasteiger partial charge in [-0.05, 0) is 19.4 Å². The summed E-state index contributed by atoms with van der Waals surface area (Å²) in [6, 6.07) is 0. The molecule has 0 aliphatic heterocycles. The van der Waals surface area contributed by atoms with E-state index in [0.717, 1.165) is 45.4 Å². The summed E-state index contributed by atoms with van der Waals surface area (Å²) >= 11 is 0. The number of hydrogen-bond donors (Lipinski definition) is 1. The Hall–Kier alpha value is -0.570. The van der Waals surface area contributed by atoms with Crippen LogP contribution in [0.3, 0.4) is 0 Å². The van der Waals surface area contributed by atoms with Gasteiger partial charge in [0.2, 0.25) is 5.91 Å². The second-order valence-electron chi connectivity index (χ2n) is 3.61. The smallest absolute Gasteiger partial charge is 0.219 e. The minimum atomic E-state index is 0.191. The van der Waals surface area contributed by atoms with Gasteiger partial charge in [0.25, 0.3) is 0 Å². The van der Waals surface area contributed by atoms with E-state index in [1.54, 1.807) is 6.92 Å². The van der Waals surface area contributed by atoms with Crippen molar-refractivity contribution in [2.75, 3.05) is 26.2 Å². The molecule has 0 rings (SSSR count). The molecule has 0 spiro atoms. The highest BCUT2D eigenvalue weighted by molar-refractivity contribution is 5.73. The highest BCUT2D eigenvalue weighted by Gasteiger charge is 2.06. The molecule has 0 aromatic carbocycles. The first-order chi connectivity index (χ1) is 6.72.